The van der Waals surface area contributed by atoms with Crippen molar-refractivity contribution in [3.63, 3.8) is 0 Å². The molecule has 2 rings (SSSR count). The number of para-hydroxylation sites is 1. The van der Waals surface area contributed by atoms with E-state index in [4.69, 9.17) is 11.6 Å². The summed E-state index contributed by atoms with van der Waals surface area (Å²) < 4.78 is 3.81. The standard InChI is InChI=1S/C11H7Br3ClNS/c12-7-2-1-3-8(13)10(7)16-5-6-4-9(14)11(15)17-6/h1-4,16H,5H2. The van der Waals surface area contributed by atoms with Crippen LogP contribution in [0.5, 0.6) is 0 Å². The van der Waals surface area contributed by atoms with Crippen molar-refractivity contribution in [2.24, 2.45) is 0 Å². The van der Waals surface area contributed by atoms with Gasteiger partial charge in [-0.3, -0.25) is 0 Å². The SMILES string of the molecule is Clc1sc(CNc2c(Br)cccc2Br)cc1Br. The van der Waals surface area contributed by atoms with Crippen molar-refractivity contribution in [3.05, 3.63) is 46.9 Å². The fourth-order valence-corrected chi connectivity index (χ4v) is 4.33. The van der Waals surface area contributed by atoms with Crippen LogP contribution >= 0.6 is 70.7 Å². The molecule has 1 aromatic carbocycles. The van der Waals surface area contributed by atoms with Crippen molar-refractivity contribution in [1.82, 2.24) is 0 Å². The van der Waals surface area contributed by atoms with Gasteiger partial charge < -0.3 is 5.32 Å². The van der Waals surface area contributed by atoms with E-state index < -0.39 is 0 Å². The van der Waals surface area contributed by atoms with Crippen LogP contribution in [0.2, 0.25) is 4.34 Å². The number of anilines is 1. The zero-order chi connectivity index (χ0) is 12.4. The van der Waals surface area contributed by atoms with Crippen molar-refractivity contribution < 1.29 is 0 Å². The van der Waals surface area contributed by atoms with Gasteiger partial charge in [0.25, 0.3) is 0 Å². The summed E-state index contributed by atoms with van der Waals surface area (Å²) in [6, 6.07) is 8.03. The van der Waals surface area contributed by atoms with Crippen LogP contribution in [0.25, 0.3) is 0 Å². The summed E-state index contributed by atoms with van der Waals surface area (Å²) in [6.45, 7) is 0.747. The Kier molecular flexibility index (Phi) is 4.95. The second kappa shape index (κ2) is 6.06. The average Bonchev–Trinajstić information content (AvgIpc) is 2.58. The van der Waals surface area contributed by atoms with Crippen LogP contribution < -0.4 is 5.32 Å². The minimum absolute atomic E-state index is 0.747. The van der Waals surface area contributed by atoms with Crippen LogP contribution in [0.3, 0.4) is 0 Å². The van der Waals surface area contributed by atoms with Crippen molar-refractivity contribution >= 4 is 76.4 Å². The monoisotopic (exact) mass is 457 g/mol. The number of halogens is 4. The average molecular weight is 460 g/mol. The first-order chi connectivity index (χ1) is 8.08. The van der Waals surface area contributed by atoms with Gasteiger partial charge in [-0.05, 0) is 66.0 Å². The molecule has 2 aromatic rings. The Labute approximate surface area is 134 Å². The molecule has 0 spiro atoms. The molecule has 0 bridgehead atoms. The highest BCUT2D eigenvalue weighted by Gasteiger charge is 2.07. The predicted octanol–water partition coefficient (Wildman–Crippen LogP) is 6.30. The van der Waals surface area contributed by atoms with Gasteiger partial charge in [-0.25, -0.2) is 0 Å². The topological polar surface area (TPSA) is 12.0 Å². The third-order valence-electron chi connectivity index (χ3n) is 2.10. The Morgan fingerprint density at radius 3 is 2.29 bits per heavy atom. The number of hydrogen-bond acceptors (Lipinski definition) is 2. The van der Waals surface area contributed by atoms with Crippen LogP contribution in [0.4, 0.5) is 5.69 Å². The lowest BCUT2D eigenvalue weighted by atomic mass is 10.3. The third kappa shape index (κ3) is 3.47. The van der Waals surface area contributed by atoms with Gasteiger partial charge in [0.15, 0.2) is 0 Å². The van der Waals surface area contributed by atoms with Crippen molar-refractivity contribution in [1.29, 1.82) is 0 Å². The zero-order valence-electron chi connectivity index (χ0n) is 8.44. The summed E-state index contributed by atoms with van der Waals surface area (Å²) in [4.78, 5) is 1.18. The number of thiophene rings is 1. The van der Waals surface area contributed by atoms with Crippen LogP contribution in [-0.2, 0) is 6.54 Å². The lowest BCUT2D eigenvalue weighted by Crippen LogP contribution is -1.98. The lowest BCUT2D eigenvalue weighted by Gasteiger charge is -2.09. The molecule has 6 heteroatoms. The van der Waals surface area contributed by atoms with E-state index in [0.29, 0.717) is 0 Å². The molecule has 17 heavy (non-hydrogen) atoms. The molecule has 0 amide bonds. The number of rotatable bonds is 3. The summed E-state index contributed by atoms with van der Waals surface area (Å²) in [5.41, 5.74) is 1.05. The predicted molar refractivity (Wildman–Crippen MR) is 86.2 cm³/mol. The van der Waals surface area contributed by atoms with Crippen LogP contribution in [0.1, 0.15) is 4.88 Å². The Morgan fingerprint density at radius 2 is 1.76 bits per heavy atom. The van der Waals surface area contributed by atoms with Gasteiger partial charge in [0, 0.05) is 24.8 Å². The highest BCUT2D eigenvalue weighted by atomic mass is 79.9. The van der Waals surface area contributed by atoms with Gasteiger partial charge >= 0.3 is 0 Å². The first-order valence-electron chi connectivity index (χ1n) is 4.69. The molecule has 90 valence electrons. The van der Waals surface area contributed by atoms with Gasteiger partial charge in [0.2, 0.25) is 0 Å². The lowest BCUT2D eigenvalue weighted by molar-refractivity contribution is 1.18. The third-order valence-corrected chi connectivity index (χ3v) is 5.89. The molecular formula is C11H7Br3ClNS. The van der Waals surface area contributed by atoms with Crippen molar-refractivity contribution in [2.75, 3.05) is 5.32 Å². The zero-order valence-corrected chi connectivity index (χ0v) is 14.8. The van der Waals surface area contributed by atoms with Gasteiger partial charge in [-0.15, -0.1) is 11.3 Å². The Morgan fingerprint density at radius 1 is 1.12 bits per heavy atom. The van der Waals surface area contributed by atoms with Crippen LogP contribution in [-0.4, -0.2) is 0 Å². The molecule has 0 fully saturated rings. The van der Waals surface area contributed by atoms with Gasteiger partial charge in [-0.1, -0.05) is 17.7 Å². The maximum absolute atomic E-state index is 6.00. The summed E-state index contributed by atoms with van der Waals surface area (Å²) in [5.74, 6) is 0. The summed E-state index contributed by atoms with van der Waals surface area (Å²) in [7, 11) is 0. The van der Waals surface area contributed by atoms with Crippen LogP contribution in [0.15, 0.2) is 37.7 Å². The molecule has 1 N–H and O–H groups in total. The molecule has 0 aliphatic carbocycles. The van der Waals surface area contributed by atoms with E-state index in [9.17, 15) is 0 Å². The Bertz CT molecular complexity index is 502. The molecule has 0 saturated heterocycles. The van der Waals surface area contributed by atoms with E-state index in [2.05, 4.69) is 53.1 Å². The highest BCUT2D eigenvalue weighted by Crippen LogP contribution is 2.34. The minimum Gasteiger partial charge on any atom is -0.378 e. The van der Waals surface area contributed by atoms with Gasteiger partial charge in [0.1, 0.15) is 4.34 Å². The maximum Gasteiger partial charge on any atom is 0.107 e. The van der Waals surface area contributed by atoms with Gasteiger partial charge in [0.05, 0.1) is 5.69 Å². The van der Waals surface area contributed by atoms with E-state index in [1.54, 1.807) is 11.3 Å². The van der Waals surface area contributed by atoms with Gasteiger partial charge in [-0.2, -0.15) is 0 Å². The van der Waals surface area contributed by atoms with E-state index >= 15 is 0 Å². The minimum atomic E-state index is 0.747. The molecule has 0 aliphatic rings. The number of hydrogen-bond donors (Lipinski definition) is 1. The van der Waals surface area contributed by atoms with Crippen molar-refractivity contribution in [3.8, 4) is 0 Å². The molecule has 1 aromatic heterocycles. The van der Waals surface area contributed by atoms with E-state index in [1.807, 2.05) is 24.3 Å². The molecule has 0 aliphatic heterocycles. The molecule has 0 atom stereocenters. The maximum atomic E-state index is 6.00. The normalized spacial score (nSPS) is 10.6. The first-order valence-corrected chi connectivity index (χ1v) is 8.27. The van der Waals surface area contributed by atoms with E-state index in [-0.39, 0.29) is 0 Å². The summed E-state index contributed by atoms with van der Waals surface area (Å²) in [6.07, 6.45) is 0. The second-order valence-corrected chi connectivity index (χ2v) is 7.59. The fourth-order valence-electron chi connectivity index (χ4n) is 1.32. The largest absolute Gasteiger partial charge is 0.378 e. The number of benzene rings is 1. The molecule has 0 unspecified atom stereocenters. The molecular weight excluding hydrogens is 453 g/mol. The second-order valence-electron chi connectivity index (χ2n) is 3.28. The quantitative estimate of drug-likeness (QED) is 0.567. The Hall–Kier alpha value is 0.450. The molecule has 0 saturated carbocycles. The van der Waals surface area contributed by atoms with Crippen LogP contribution in [0, 0.1) is 0 Å². The smallest absolute Gasteiger partial charge is 0.107 e. The number of nitrogens with one attached hydrogen (secondary N) is 1. The fraction of sp³-hybridized carbons (Fsp3) is 0.0909. The first kappa shape index (κ1) is 13.9. The van der Waals surface area contributed by atoms with Crippen molar-refractivity contribution in [2.45, 2.75) is 6.54 Å². The molecule has 1 nitrogen and oxygen atoms in total. The molecule has 0 radical (unpaired) electrons. The summed E-state index contributed by atoms with van der Waals surface area (Å²) in [5, 5.41) is 3.38. The molecule has 1 heterocycles. The van der Waals surface area contributed by atoms with E-state index in [1.165, 1.54) is 4.88 Å². The Balaban J connectivity index is 2.12. The van der Waals surface area contributed by atoms with E-state index in [0.717, 1.165) is 30.0 Å². The summed E-state index contributed by atoms with van der Waals surface area (Å²) >= 11 is 18.0. The highest BCUT2D eigenvalue weighted by molar-refractivity contribution is 9.11.